The molecule has 20 heavy (non-hydrogen) atoms. The Labute approximate surface area is 122 Å². The summed E-state index contributed by atoms with van der Waals surface area (Å²) in [5.41, 5.74) is 0.793. The zero-order valence-electron chi connectivity index (χ0n) is 11.4. The molecule has 5 heteroatoms. The molecule has 1 saturated carbocycles. The van der Waals surface area contributed by atoms with Gasteiger partial charge in [0.15, 0.2) is 0 Å². The maximum atomic E-state index is 13.5. The lowest BCUT2D eigenvalue weighted by Gasteiger charge is -2.36. The van der Waals surface area contributed by atoms with Gasteiger partial charge in [-0.2, -0.15) is 0 Å². The van der Waals surface area contributed by atoms with Crippen LogP contribution in [0.3, 0.4) is 0 Å². The van der Waals surface area contributed by atoms with Crippen molar-refractivity contribution in [3.8, 4) is 0 Å². The molecular weight excluding hydrogens is 279 g/mol. The van der Waals surface area contributed by atoms with Gasteiger partial charge in [0.1, 0.15) is 5.82 Å². The molecule has 1 heterocycles. The second-order valence-corrected chi connectivity index (χ2v) is 6.49. The van der Waals surface area contributed by atoms with E-state index in [1.807, 2.05) is 0 Å². The highest BCUT2D eigenvalue weighted by atomic mass is 35.5. The quantitative estimate of drug-likeness (QED) is 0.758. The summed E-state index contributed by atoms with van der Waals surface area (Å²) in [5.74, 6) is 0.227. The first-order chi connectivity index (χ1) is 9.50. The maximum Gasteiger partial charge on any atom is 0.232 e. The predicted molar refractivity (Wildman–Crippen MR) is 78.6 cm³/mol. The van der Waals surface area contributed by atoms with E-state index in [9.17, 15) is 9.18 Å². The van der Waals surface area contributed by atoms with E-state index in [0.29, 0.717) is 23.8 Å². The number of anilines is 2. The maximum absolute atomic E-state index is 13.5. The summed E-state index contributed by atoms with van der Waals surface area (Å²) in [7, 11) is 0. The van der Waals surface area contributed by atoms with Crippen LogP contribution >= 0.6 is 11.6 Å². The van der Waals surface area contributed by atoms with Gasteiger partial charge in [-0.25, -0.2) is 4.39 Å². The van der Waals surface area contributed by atoms with Crippen LogP contribution in [-0.4, -0.2) is 12.5 Å². The first kappa shape index (κ1) is 13.7. The number of hydrogen-bond donors (Lipinski definition) is 2. The lowest BCUT2D eigenvalue weighted by atomic mass is 9.70. The van der Waals surface area contributed by atoms with Crippen LogP contribution < -0.4 is 10.6 Å². The summed E-state index contributed by atoms with van der Waals surface area (Å²) in [6.07, 6.45) is 3.86. The first-order valence-corrected chi connectivity index (χ1v) is 7.42. The van der Waals surface area contributed by atoms with E-state index in [2.05, 4.69) is 17.6 Å². The number of carbonyl (C=O) groups excluding carboxylic acids is 1. The van der Waals surface area contributed by atoms with Crippen molar-refractivity contribution in [2.24, 2.45) is 11.3 Å². The van der Waals surface area contributed by atoms with Gasteiger partial charge in [-0.3, -0.25) is 4.79 Å². The summed E-state index contributed by atoms with van der Waals surface area (Å²) in [6.45, 7) is 2.78. The van der Waals surface area contributed by atoms with Crippen LogP contribution in [0.15, 0.2) is 12.1 Å². The van der Waals surface area contributed by atoms with Crippen molar-refractivity contribution >= 4 is 28.9 Å². The Morgan fingerprint density at radius 2 is 2.00 bits per heavy atom. The SMILES string of the molecule is CC1CCC2(CC1)CNc1cc(F)c(Cl)cc1NC2=O. The molecule has 0 aromatic heterocycles. The molecule has 2 N–H and O–H groups in total. The van der Waals surface area contributed by atoms with E-state index in [0.717, 1.165) is 25.7 Å². The highest BCUT2D eigenvalue weighted by Crippen LogP contribution is 2.43. The number of fused-ring (bicyclic) bond motifs is 1. The third-order valence-corrected chi connectivity index (χ3v) is 4.93. The standard InChI is InChI=1S/C15H18ClFN2O/c1-9-2-4-15(5-3-9)8-18-12-7-11(17)10(16)6-13(12)19-14(15)20/h6-7,9,18H,2-5,8H2,1H3,(H,19,20). The Morgan fingerprint density at radius 1 is 1.30 bits per heavy atom. The van der Waals surface area contributed by atoms with E-state index in [-0.39, 0.29) is 16.3 Å². The van der Waals surface area contributed by atoms with E-state index < -0.39 is 5.82 Å². The number of hydrogen-bond acceptors (Lipinski definition) is 2. The second-order valence-electron chi connectivity index (χ2n) is 6.08. The minimum Gasteiger partial charge on any atom is -0.382 e. The van der Waals surface area contributed by atoms with Crippen molar-refractivity contribution in [2.75, 3.05) is 17.2 Å². The largest absolute Gasteiger partial charge is 0.382 e. The highest BCUT2D eigenvalue weighted by Gasteiger charge is 2.42. The molecule has 108 valence electrons. The van der Waals surface area contributed by atoms with Gasteiger partial charge in [0.25, 0.3) is 0 Å². The molecule has 1 aliphatic heterocycles. The average Bonchev–Trinajstić information content (AvgIpc) is 2.54. The molecule has 0 radical (unpaired) electrons. The van der Waals surface area contributed by atoms with Crippen LogP contribution in [0, 0.1) is 17.2 Å². The van der Waals surface area contributed by atoms with E-state index >= 15 is 0 Å². The lowest BCUT2D eigenvalue weighted by molar-refractivity contribution is -0.126. The topological polar surface area (TPSA) is 41.1 Å². The van der Waals surface area contributed by atoms with Crippen LogP contribution in [0.25, 0.3) is 0 Å². The molecule has 2 aliphatic rings. The zero-order valence-corrected chi connectivity index (χ0v) is 12.2. The summed E-state index contributed by atoms with van der Waals surface area (Å²) in [6, 6.07) is 2.82. The molecule has 3 rings (SSSR count). The third kappa shape index (κ3) is 2.26. The van der Waals surface area contributed by atoms with Gasteiger partial charge < -0.3 is 10.6 Å². The van der Waals surface area contributed by atoms with Crippen LogP contribution in [0.2, 0.25) is 5.02 Å². The molecular formula is C15H18ClFN2O. The monoisotopic (exact) mass is 296 g/mol. The Hall–Kier alpha value is -1.29. The number of halogens is 2. The number of nitrogens with one attached hydrogen (secondary N) is 2. The van der Waals surface area contributed by atoms with Crippen LogP contribution in [-0.2, 0) is 4.79 Å². The van der Waals surface area contributed by atoms with Crippen LogP contribution in [0.5, 0.6) is 0 Å². The van der Waals surface area contributed by atoms with Gasteiger partial charge >= 0.3 is 0 Å². The molecule has 0 bridgehead atoms. The first-order valence-electron chi connectivity index (χ1n) is 7.04. The van der Waals surface area contributed by atoms with Gasteiger partial charge in [0.05, 0.1) is 21.8 Å². The molecule has 0 atom stereocenters. The van der Waals surface area contributed by atoms with Crippen molar-refractivity contribution in [1.29, 1.82) is 0 Å². The minimum absolute atomic E-state index is 0.0262. The fraction of sp³-hybridized carbons (Fsp3) is 0.533. The van der Waals surface area contributed by atoms with Gasteiger partial charge in [-0.05, 0) is 37.7 Å². The normalized spacial score (nSPS) is 29.4. The molecule has 1 aliphatic carbocycles. The van der Waals surface area contributed by atoms with E-state index in [1.165, 1.54) is 12.1 Å². The molecule has 1 fully saturated rings. The van der Waals surface area contributed by atoms with Crippen molar-refractivity contribution in [2.45, 2.75) is 32.6 Å². The average molecular weight is 297 g/mol. The Morgan fingerprint density at radius 3 is 2.70 bits per heavy atom. The number of rotatable bonds is 0. The second kappa shape index (κ2) is 4.92. The Kier molecular flexibility index (Phi) is 3.36. The molecule has 1 spiro atoms. The Bertz CT molecular complexity index is 553. The summed E-state index contributed by atoms with van der Waals surface area (Å²) < 4.78 is 13.5. The smallest absolute Gasteiger partial charge is 0.232 e. The zero-order chi connectivity index (χ0) is 14.3. The number of benzene rings is 1. The fourth-order valence-electron chi connectivity index (χ4n) is 3.11. The lowest BCUT2D eigenvalue weighted by Crippen LogP contribution is -2.42. The van der Waals surface area contributed by atoms with Gasteiger partial charge in [0, 0.05) is 12.6 Å². The van der Waals surface area contributed by atoms with Crippen molar-refractivity contribution in [1.82, 2.24) is 0 Å². The summed E-state index contributed by atoms with van der Waals surface area (Å²) >= 11 is 5.79. The molecule has 1 aromatic carbocycles. The van der Waals surface area contributed by atoms with Gasteiger partial charge in [-0.15, -0.1) is 0 Å². The molecule has 3 nitrogen and oxygen atoms in total. The number of carbonyl (C=O) groups is 1. The highest BCUT2D eigenvalue weighted by molar-refractivity contribution is 6.31. The summed E-state index contributed by atoms with van der Waals surface area (Å²) in [4.78, 5) is 12.6. The molecule has 1 amide bonds. The van der Waals surface area contributed by atoms with Crippen LogP contribution in [0.4, 0.5) is 15.8 Å². The van der Waals surface area contributed by atoms with Gasteiger partial charge in [0.2, 0.25) is 5.91 Å². The van der Waals surface area contributed by atoms with Crippen molar-refractivity contribution in [3.63, 3.8) is 0 Å². The number of amides is 1. The molecule has 0 saturated heterocycles. The van der Waals surface area contributed by atoms with Crippen molar-refractivity contribution in [3.05, 3.63) is 23.0 Å². The molecule has 0 unspecified atom stereocenters. The van der Waals surface area contributed by atoms with Crippen LogP contribution in [0.1, 0.15) is 32.6 Å². The Balaban J connectivity index is 1.90. The van der Waals surface area contributed by atoms with E-state index in [4.69, 9.17) is 11.6 Å². The minimum atomic E-state index is -0.472. The van der Waals surface area contributed by atoms with Crippen molar-refractivity contribution < 1.29 is 9.18 Å². The van der Waals surface area contributed by atoms with Gasteiger partial charge in [-0.1, -0.05) is 18.5 Å². The summed E-state index contributed by atoms with van der Waals surface area (Å²) in [5, 5.41) is 6.16. The fourth-order valence-corrected chi connectivity index (χ4v) is 3.28. The third-order valence-electron chi connectivity index (χ3n) is 4.64. The van der Waals surface area contributed by atoms with E-state index in [1.54, 1.807) is 0 Å². The molecule has 1 aromatic rings. The predicted octanol–water partition coefficient (Wildman–Crippen LogP) is 4.04.